The van der Waals surface area contributed by atoms with Gasteiger partial charge in [0.05, 0.1) is 0 Å². The van der Waals surface area contributed by atoms with Gasteiger partial charge in [-0.2, -0.15) is 0 Å². The van der Waals surface area contributed by atoms with Crippen LogP contribution in [0.1, 0.15) is 58.9 Å². The van der Waals surface area contributed by atoms with Crippen LogP contribution in [0.15, 0.2) is 84.9 Å². The molecule has 1 fully saturated rings. The summed E-state index contributed by atoms with van der Waals surface area (Å²) in [5.41, 5.74) is 6.80. The lowest BCUT2D eigenvalue weighted by Gasteiger charge is -2.45. The van der Waals surface area contributed by atoms with Crippen molar-refractivity contribution < 1.29 is 9.59 Å². The Labute approximate surface area is 213 Å². The Balaban J connectivity index is 1.05. The van der Waals surface area contributed by atoms with E-state index in [-0.39, 0.29) is 17.7 Å². The summed E-state index contributed by atoms with van der Waals surface area (Å²) in [7, 11) is 0. The van der Waals surface area contributed by atoms with Crippen molar-refractivity contribution in [3.8, 4) is 0 Å². The first-order chi connectivity index (χ1) is 17.7. The van der Waals surface area contributed by atoms with E-state index >= 15 is 0 Å². The van der Waals surface area contributed by atoms with Gasteiger partial charge in [-0.25, -0.2) is 0 Å². The number of likely N-dealkylation sites (tertiary alicyclic amines) is 1. The van der Waals surface area contributed by atoms with Crippen LogP contribution in [0.2, 0.25) is 0 Å². The van der Waals surface area contributed by atoms with Gasteiger partial charge >= 0.3 is 0 Å². The van der Waals surface area contributed by atoms with E-state index in [9.17, 15) is 9.59 Å². The molecule has 3 aliphatic carbocycles. The van der Waals surface area contributed by atoms with Crippen LogP contribution < -0.4 is 5.32 Å². The lowest BCUT2D eigenvalue weighted by molar-refractivity contribution is -0.132. The molecule has 1 heterocycles. The fourth-order valence-electron chi connectivity index (χ4n) is 6.53. The van der Waals surface area contributed by atoms with Gasteiger partial charge < -0.3 is 10.2 Å². The summed E-state index contributed by atoms with van der Waals surface area (Å²) in [6.45, 7) is 1.97. The Morgan fingerprint density at radius 3 is 2.03 bits per heavy atom. The first-order valence-electron chi connectivity index (χ1n) is 13.2. The SMILES string of the molecule is O=C(NCC1CC2c3ccccc3C1c1ccccc12)C1CCN(C(=O)/C=C/c2ccccc2)CC1. The number of rotatable bonds is 5. The summed E-state index contributed by atoms with van der Waals surface area (Å²) in [5.74, 6) is 1.32. The van der Waals surface area contributed by atoms with Crippen molar-refractivity contribution in [3.05, 3.63) is 113 Å². The molecule has 4 aliphatic rings. The number of nitrogens with one attached hydrogen (secondary N) is 1. The van der Waals surface area contributed by atoms with E-state index in [1.165, 1.54) is 22.3 Å². The molecule has 182 valence electrons. The molecule has 0 radical (unpaired) electrons. The van der Waals surface area contributed by atoms with Gasteiger partial charge in [-0.15, -0.1) is 0 Å². The molecule has 3 aromatic carbocycles. The zero-order chi connectivity index (χ0) is 24.5. The van der Waals surface area contributed by atoms with E-state index in [1.807, 2.05) is 41.3 Å². The summed E-state index contributed by atoms with van der Waals surface area (Å²) in [4.78, 5) is 27.5. The van der Waals surface area contributed by atoms with E-state index < -0.39 is 0 Å². The van der Waals surface area contributed by atoms with Crippen LogP contribution in [0.3, 0.4) is 0 Å². The van der Waals surface area contributed by atoms with Crippen molar-refractivity contribution in [2.45, 2.75) is 31.1 Å². The van der Waals surface area contributed by atoms with Crippen LogP contribution in [-0.2, 0) is 9.59 Å². The maximum atomic E-state index is 13.1. The number of carbonyl (C=O) groups is 2. The third-order valence-electron chi connectivity index (χ3n) is 8.36. The van der Waals surface area contributed by atoms with Crippen molar-refractivity contribution in [2.75, 3.05) is 19.6 Å². The van der Waals surface area contributed by atoms with Gasteiger partial charge in [0.25, 0.3) is 0 Å². The highest BCUT2D eigenvalue weighted by Crippen LogP contribution is 2.55. The largest absolute Gasteiger partial charge is 0.356 e. The average Bonchev–Trinajstić information content (AvgIpc) is 2.95. The number of amides is 2. The van der Waals surface area contributed by atoms with Crippen molar-refractivity contribution >= 4 is 17.9 Å². The minimum Gasteiger partial charge on any atom is -0.356 e. The summed E-state index contributed by atoms with van der Waals surface area (Å²) >= 11 is 0. The topological polar surface area (TPSA) is 49.4 Å². The number of benzene rings is 3. The third kappa shape index (κ3) is 4.26. The smallest absolute Gasteiger partial charge is 0.246 e. The summed E-state index contributed by atoms with van der Waals surface area (Å²) in [5, 5.41) is 3.30. The number of fused-ring (bicyclic) bond motifs is 1. The van der Waals surface area contributed by atoms with Crippen LogP contribution in [0.4, 0.5) is 0 Å². The second-order valence-electron chi connectivity index (χ2n) is 10.4. The Hall–Kier alpha value is -3.66. The molecule has 4 nitrogen and oxygen atoms in total. The second-order valence-corrected chi connectivity index (χ2v) is 10.4. The predicted octanol–water partition coefficient (Wildman–Crippen LogP) is 5.35. The van der Waals surface area contributed by atoms with E-state index in [1.54, 1.807) is 6.08 Å². The highest BCUT2D eigenvalue weighted by Gasteiger charge is 2.43. The lowest BCUT2D eigenvalue weighted by atomic mass is 9.59. The van der Waals surface area contributed by atoms with E-state index in [2.05, 4.69) is 53.8 Å². The summed E-state index contributed by atoms with van der Waals surface area (Å²) in [6.07, 6.45) is 6.02. The van der Waals surface area contributed by atoms with Crippen LogP contribution >= 0.6 is 0 Å². The fourth-order valence-corrected chi connectivity index (χ4v) is 6.53. The Morgan fingerprint density at radius 1 is 0.806 bits per heavy atom. The molecular formula is C32H32N2O2. The van der Waals surface area contributed by atoms with Crippen molar-refractivity contribution in [1.29, 1.82) is 0 Å². The van der Waals surface area contributed by atoms with Gasteiger partial charge in [-0.1, -0.05) is 78.9 Å². The van der Waals surface area contributed by atoms with Gasteiger partial charge in [0.2, 0.25) is 11.8 Å². The van der Waals surface area contributed by atoms with Crippen LogP contribution in [0.5, 0.6) is 0 Å². The maximum absolute atomic E-state index is 13.1. The highest BCUT2D eigenvalue weighted by atomic mass is 16.2. The van der Waals surface area contributed by atoms with Gasteiger partial charge in [0.15, 0.2) is 0 Å². The monoisotopic (exact) mass is 476 g/mol. The molecule has 2 amide bonds. The Morgan fingerprint density at radius 2 is 1.39 bits per heavy atom. The molecule has 2 bridgehead atoms. The first-order valence-corrected chi connectivity index (χ1v) is 13.2. The summed E-state index contributed by atoms with van der Waals surface area (Å²) in [6, 6.07) is 27.5. The lowest BCUT2D eigenvalue weighted by Crippen LogP contribution is -2.45. The third-order valence-corrected chi connectivity index (χ3v) is 8.36. The first kappa shape index (κ1) is 22.8. The molecule has 1 atom stereocenters. The fraction of sp³-hybridized carbons (Fsp3) is 0.312. The van der Waals surface area contributed by atoms with Crippen LogP contribution in [0.25, 0.3) is 6.08 Å². The van der Waals surface area contributed by atoms with Gasteiger partial charge in [-0.3, -0.25) is 9.59 Å². The highest BCUT2D eigenvalue weighted by molar-refractivity contribution is 5.92. The predicted molar refractivity (Wildman–Crippen MR) is 142 cm³/mol. The molecule has 7 rings (SSSR count). The quantitative estimate of drug-likeness (QED) is 0.505. The minimum atomic E-state index is -0.0208. The standard InChI is InChI=1S/C32H32N2O2/c35-30(15-14-22-8-2-1-3-9-22)34-18-16-23(17-19-34)32(36)33-21-24-20-29-25-10-4-6-12-27(25)31(24)28-13-7-5-11-26(28)29/h1-15,23-24,29,31H,16-21H2,(H,33,36)/b15-14+. The molecule has 1 aliphatic heterocycles. The molecule has 1 unspecified atom stereocenters. The van der Waals surface area contributed by atoms with Crippen molar-refractivity contribution in [3.63, 3.8) is 0 Å². The molecule has 4 heteroatoms. The number of hydrogen-bond donors (Lipinski definition) is 1. The van der Waals surface area contributed by atoms with Crippen molar-refractivity contribution in [1.82, 2.24) is 10.2 Å². The molecule has 36 heavy (non-hydrogen) atoms. The number of piperidine rings is 1. The zero-order valence-corrected chi connectivity index (χ0v) is 20.5. The summed E-state index contributed by atoms with van der Waals surface area (Å²) < 4.78 is 0. The van der Waals surface area contributed by atoms with Crippen LogP contribution in [-0.4, -0.2) is 36.3 Å². The number of nitrogens with zero attached hydrogens (tertiary/aromatic N) is 1. The number of hydrogen-bond acceptors (Lipinski definition) is 2. The van der Waals surface area contributed by atoms with Gasteiger partial charge in [-0.05, 0) is 59.1 Å². The van der Waals surface area contributed by atoms with E-state index in [0.717, 1.165) is 24.8 Å². The average molecular weight is 477 g/mol. The normalized spacial score (nSPS) is 22.8. The maximum Gasteiger partial charge on any atom is 0.246 e. The zero-order valence-electron chi connectivity index (χ0n) is 20.5. The molecule has 0 spiro atoms. The molecular weight excluding hydrogens is 444 g/mol. The van der Waals surface area contributed by atoms with Gasteiger partial charge in [0.1, 0.15) is 0 Å². The molecule has 3 aromatic rings. The molecule has 1 saturated heterocycles. The van der Waals surface area contributed by atoms with E-state index in [4.69, 9.17) is 0 Å². The molecule has 0 saturated carbocycles. The Bertz CT molecular complexity index is 1240. The van der Waals surface area contributed by atoms with Crippen LogP contribution in [0, 0.1) is 11.8 Å². The Kier molecular flexibility index (Phi) is 6.18. The van der Waals surface area contributed by atoms with E-state index in [0.29, 0.717) is 37.4 Å². The van der Waals surface area contributed by atoms with Gasteiger partial charge in [0, 0.05) is 43.5 Å². The second kappa shape index (κ2) is 9.77. The van der Waals surface area contributed by atoms with Crippen molar-refractivity contribution in [2.24, 2.45) is 11.8 Å². The minimum absolute atomic E-state index is 0.0208. The number of carbonyl (C=O) groups excluding carboxylic acids is 2. The molecule has 0 aromatic heterocycles. The molecule has 1 N–H and O–H groups in total.